The van der Waals surface area contributed by atoms with Crippen LogP contribution in [0.5, 0.6) is 0 Å². The molecule has 96 valence electrons. The molecule has 0 aliphatic rings. The fraction of sp³-hybridized carbons (Fsp3) is 0.333. The molecule has 0 aliphatic heterocycles. The van der Waals surface area contributed by atoms with Crippen LogP contribution < -0.4 is 5.73 Å². The fourth-order valence-electron chi connectivity index (χ4n) is 1.76. The standard InChI is InChI=1S/C15H19NS2/c1-2-13-8-9-15(18-13)10-12(16)11-17-14-6-4-3-5-7-14/h3-9,12H,2,10-11,16H2,1H3. The van der Waals surface area contributed by atoms with Crippen LogP contribution in [0.2, 0.25) is 0 Å². The first-order valence-electron chi connectivity index (χ1n) is 6.29. The number of hydrogen-bond acceptors (Lipinski definition) is 3. The molecule has 0 radical (unpaired) electrons. The molecule has 1 nitrogen and oxygen atoms in total. The second-order valence-corrected chi connectivity index (χ2v) is 6.66. The summed E-state index contributed by atoms with van der Waals surface area (Å²) in [7, 11) is 0. The maximum Gasteiger partial charge on any atom is 0.0182 e. The fourth-order valence-corrected chi connectivity index (χ4v) is 3.68. The number of rotatable bonds is 6. The summed E-state index contributed by atoms with van der Waals surface area (Å²) in [4.78, 5) is 4.16. The molecule has 0 aliphatic carbocycles. The van der Waals surface area contributed by atoms with Gasteiger partial charge in [-0.05, 0) is 37.1 Å². The Hall–Kier alpha value is -0.770. The maximum atomic E-state index is 6.19. The van der Waals surface area contributed by atoms with Crippen molar-refractivity contribution in [2.75, 3.05) is 5.75 Å². The van der Waals surface area contributed by atoms with Gasteiger partial charge in [-0.25, -0.2) is 0 Å². The Morgan fingerprint density at radius 2 is 1.83 bits per heavy atom. The Balaban J connectivity index is 1.80. The van der Waals surface area contributed by atoms with Gasteiger partial charge in [-0.1, -0.05) is 25.1 Å². The third-order valence-electron chi connectivity index (χ3n) is 2.74. The zero-order valence-electron chi connectivity index (χ0n) is 10.6. The second-order valence-electron chi connectivity index (χ2n) is 4.31. The van der Waals surface area contributed by atoms with Gasteiger partial charge in [-0.15, -0.1) is 23.1 Å². The lowest BCUT2D eigenvalue weighted by molar-refractivity contribution is 0.757. The molecule has 1 unspecified atom stereocenters. The smallest absolute Gasteiger partial charge is 0.0182 e. The molecular formula is C15H19NS2. The van der Waals surface area contributed by atoms with Gasteiger partial charge in [0.1, 0.15) is 0 Å². The molecule has 0 spiro atoms. The van der Waals surface area contributed by atoms with E-state index in [1.54, 1.807) is 0 Å². The van der Waals surface area contributed by atoms with Crippen LogP contribution >= 0.6 is 23.1 Å². The normalized spacial score (nSPS) is 12.6. The van der Waals surface area contributed by atoms with Gasteiger partial charge >= 0.3 is 0 Å². The highest BCUT2D eigenvalue weighted by Crippen LogP contribution is 2.21. The molecule has 3 heteroatoms. The van der Waals surface area contributed by atoms with Crippen molar-refractivity contribution in [1.82, 2.24) is 0 Å². The number of aryl methyl sites for hydroxylation is 1. The summed E-state index contributed by atoms with van der Waals surface area (Å²) in [6, 6.07) is 15.1. The number of nitrogens with two attached hydrogens (primary N) is 1. The van der Waals surface area contributed by atoms with Crippen molar-refractivity contribution in [2.24, 2.45) is 5.73 Å². The Bertz CT molecular complexity index is 464. The van der Waals surface area contributed by atoms with E-state index in [9.17, 15) is 0 Å². The molecule has 18 heavy (non-hydrogen) atoms. The van der Waals surface area contributed by atoms with Gasteiger partial charge in [-0.2, -0.15) is 0 Å². The Morgan fingerprint density at radius 1 is 1.11 bits per heavy atom. The lowest BCUT2D eigenvalue weighted by atomic mass is 10.2. The molecule has 0 saturated heterocycles. The Kier molecular flexibility index (Phi) is 5.29. The van der Waals surface area contributed by atoms with Gasteiger partial charge in [0, 0.05) is 26.4 Å². The molecule has 0 bridgehead atoms. The molecule has 2 rings (SSSR count). The predicted octanol–water partition coefficient (Wildman–Crippen LogP) is 3.97. The summed E-state index contributed by atoms with van der Waals surface area (Å²) in [6.07, 6.45) is 2.11. The van der Waals surface area contributed by atoms with Crippen LogP contribution in [0.3, 0.4) is 0 Å². The van der Waals surface area contributed by atoms with Gasteiger partial charge in [0.15, 0.2) is 0 Å². The van der Waals surface area contributed by atoms with E-state index >= 15 is 0 Å². The van der Waals surface area contributed by atoms with E-state index in [4.69, 9.17) is 5.73 Å². The molecule has 2 aromatic rings. The van der Waals surface area contributed by atoms with Crippen LogP contribution in [-0.4, -0.2) is 11.8 Å². The van der Waals surface area contributed by atoms with Crippen LogP contribution in [0.1, 0.15) is 16.7 Å². The van der Waals surface area contributed by atoms with E-state index in [2.05, 4.69) is 43.3 Å². The first-order valence-corrected chi connectivity index (χ1v) is 8.09. The van der Waals surface area contributed by atoms with Gasteiger partial charge in [0.05, 0.1) is 0 Å². The van der Waals surface area contributed by atoms with Gasteiger partial charge in [0.25, 0.3) is 0 Å². The van der Waals surface area contributed by atoms with E-state index in [1.165, 1.54) is 14.6 Å². The molecular weight excluding hydrogens is 258 g/mol. The third-order valence-corrected chi connectivity index (χ3v) is 5.19. The highest BCUT2D eigenvalue weighted by molar-refractivity contribution is 7.99. The largest absolute Gasteiger partial charge is 0.327 e. The zero-order valence-corrected chi connectivity index (χ0v) is 12.3. The quantitative estimate of drug-likeness (QED) is 0.808. The minimum atomic E-state index is 0.235. The number of benzene rings is 1. The Labute approximate surface area is 117 Å². The van der Waals surface area contributed by atoms with Crippen molar-refractivity contribution in [2.45, 2.75) is 30.7 Å². The van der Waals surface area contributed by atoms with E-state index in [1.807, 2.05) is 29.2 Å². The van der Waals surface area contributed by atoms with E-state index < -0.39 is 0 Å². The highest BCUT2D eigenvalue weighted by atomic mass is 32.2. The summed E-state index contributed by atoms with van der Waals surface area (Å²) < 4.78 is 0. The average molecular weight is 277 g/mol. The molecule has 1 heterocycles. The topological polar surface area (TPSA) is 26.0 Å². The van der Waals surface area contributed by atoms with E-state index in [-0.39, 0.29) is 6.04 Å². The van der Waals surface area contributed by atoms with Crippen LogP contribution in [0.25, 0.3) is 0 Å². The maximum absolute atomic E-state index is 6.19. The van der Waals surface area contributed by atoms with Gasteiger partial charge < -0.3 is 5.73 Å². The SMILES string of the molecule is CCc1ccc(CC(N)CSc2ccccc2)s1. The summed E-state index contributed by atoms with van der Waals surface area (Å²) in [5, 5.41) is 0. The molecule has 0 amide bonds. The first-order chi connectivity index (χ1) is 8.78. The van der Waals surface area contributed by atoms with Gasteiger partial charge in [-0.3, -0.25) is 0 Å². The summed E-state index contributed by atoms with van der Waals surface area (Å²) in [5.74, 6) is 0.976. The molecule has 0 saturated carbocycles. The first kappa shape index (κ1) is 13.7. The average Bonchev–Trinajstić information content (AvgIpc) is 2.85. The number of thioether (sulfide) groups is 1. The minimum Gasteiger partial charge on any atom is -0.327 e. The monoisotopic (exact) mass is 277 g/mol. The molecule has 1 aromatic heterocycles. The summed E-state index contributed by atoms with van der Waals surface area (Å²) in [5.41, 5.74) is 6.19. The van der Waals surface area contributed by atoms with Crippen molar-refractivity contribution < 1.29 is 0 Å². The molecule has 1 atom stereocenters. The summed E-state index contributed by atoms with van der Waals surface area (Å²) >= 11 is 3.73. The van der Waals surface area contributed by atoms with Crippen LogP contribution in [0.4, 0.5) is 0 Å². The van der Waals surface area contributed by atoms with Crippen molar-refractivity contribution in [1.29, 1.82) is 0 Å². The van der Waals surface area contributed by atoms with E-state index in [0.717, 1.165) is 18.6 Å². The van der Waals surface area contributed by atoms with Crippen LogP contribution in [0.15, 0.2) is 47.4 Å². The Morgan fingerprint density at radius 3 is 2.50 bits per heavy atom. The van der Waals surface area contributed by atoms with Crippen molar-refractivity contribution in [3.05, 3.63) is 52.2 Å². The number of thiophene rings is 1. The lowest BCUT2D eigenvalue weighted by Gasteiger charge is -2.09. The summed E-state index contributed by atoms with van der Waals surface area (Å²) in [6.45, 7) is 2.20. The lowest BCUT2D eigenvalue weighted by Crippen LogP contribution is -2.25. The van der Waals surface area contributed by atoms with Crippen LogP contribution in [0, 0.1) is 0 Å². The molecule has 0 fully saturated rings. The zero-order chi connectivity index (χ0) is 12.8. The van der Waals surface area contributed by atoms with Crippen molar-refractivity contribution in [3.8, 4) is 0 Å². The molecule has 1 aromatic carbocycles. The number of hydrogen-bond donors (Lipinski definition) is 1. The minimum absolute atomic E-state index is 0.235. The van der Waals surface area contributed by atoms with Crippen LogP contribution in [-0.2, 0) is 12.8 Å². The van der Waals surface area contributed by atoms with Crippen molar-refractivity contribution >= 4 is 23.1 Å². The second kappa shape index (κ2) is 6.98. The van der Waals surface area contributed by atoms with E-state index in [0.29, 0.717) is 0 Å². The van der Waals surface area contributed by atoms with Crippen molar-refractivity contribution in [3.63, 3.8) is 0 Å². The third kappa shape index (κ3) is 4.16. The highest BCUT2D eigenvalue weighted by Gasteiger charge is 2.07. The van der Waals surface area contributed by atoms with Gasteiger partial charge in [0.2, 0.25) is 0 Å². The predicted molar refractivity (Wildman–Crippen MR) is 82.5 cm³/mol. The molecule has 2 N–H and O–H groups in total.